The van der Waals surface area contributed by atoms with Gasteiger partial charge in [-0.05, 0) is 64.2 Å². The summed E-state index contributed by atoms with van der Waals surface area (Å²) in [4.78, 5) is 12.7. The van der Waals surface area contributed by atoms with Crippen LogP contribution >= 0.6 is 0 Å². The fraction of sp³-hybridized carbons (Fsp3) is 0.698. The van der Waals surface area contributed by atoms with E-state index in [1.165, 1.54) is 44.9 Å². The molecule has 56 heavy (non-hydrogen) atoms. The molecular weight excluding hydrogens is 741 g/mol. The lowest BCUT2D eigenvalue weighted by Gasteiger charge is -2.41. The van der Waals surface area contributed by atoms with Gasteiger partial charge in [-0.1, -0.05) is 132 Å². The van der Waals surface area contributed by atoms with Crippen LogP contribution in [0.4, 0.5) is 0 Å². The van der Waals surface area contributed by atoms with Crippen molar-refractivity contribution in [3.05, 3.63) is 72.9 Å². The zero-order valence-electron chi connectivity index (χ0n) is 33.9. The predicted molar refractivity (Wildman–Crippen MR) is 220 cm³/mol. The first-order valence-electron chi connectivity index (χ1n) is 20.7. The molecule has 0 bridgehead atoms. The Morgan fingerprint density at radius 2 is 1.23 bits per heavy atom. The topological polar surface area (TPSA) is 178 Å². The average Bonchev–Trinajstić information content (AvgIpc) is 3.17. The Kier molecular flexibility index (Phi) is 31.8. The summed E-state index contributed by atoms with van der Waals surface area (Å²) in [5, 5.41) is 30.6. The molecule has 1 saturated heterocycles. The fourth-order valence-electron chi connectivity index (χ4n) is 5.74. The van der Waals surface area contributed by atoms with Gasteiger partial charge in [-0.2, -0.15) is 8.42 Å². The minimum atomic E-state index is -5.07. The summed E-state index contributed by atoms with van der Waals surface area (Å²) in [5.41, 5.74) is 0. The molecule has 0 amide bonds. The first-order chi connectivity index (χ1) is 27.1. The van der Waals surface area contributed by atoms with Crippen LogP contribution < -0.4 is 0 Å². The Morgan fingerprint density at radius 3 is 1.79 bits per heavy atom. The van der Waals surface area contributed by atoms with E-state index in [1.807, 2.05) is 12.2 Å². The van der Waals surface area contributed by atoms with E-state index < -0.39 is 59.8 Å². The molecule has 1 aliphatic rings. The number of rotatable bonds is 34. The number of allylic oxidation sites excluding steroid dienone is 11. The molecule has 0 aromatic rings. The second-order valence-corrected chi connectivity index (χ2v) is 14.9. The van der Waals surface area contributed by atoms with Crippen LogP contribution in [-0.2, 0) is 38.3 Å². The molecule has 6 unspecified atom stereocenters. The zero-order valence-corrected chi connectivity index (χ0v) is 34.7. The largest absolute Gasteiger partial charge is 0.457 e. The standard InChI is InChI=1S/C43H72O12S/c1-3-5-7-9-11-13-15-17-19-20-22-24-26-28-30-32-39(45)53-37(35-51-33-31-29-27-25-23-21-18-16-14-12-10-8-6-4-2)36-52-43-41(47)42(55-56(48,49)50)40(46)38(34-44)54-43/h5,7,11,13-14,16-17,19,22,24,28,30,37-38,40-44,46-47H,3-4,6,8-10,12,15,18,20-21,23,25-27,29,31-36H2,1-2H3,(H,48,49,50)/b7-5-,13-11-,16-14-,19-17-,24-22-,30-28-. The van der Waals surface area contributed by atoms with Crippen LogP contribution in [0.5, 0.6) is 0 Å². The van der Waals surface area contributed by atoms with Crippen LogP contribution in [0.25, 0.3) is 0 Å². The second-order valence-electron chi connectivity index (χ2n) is 13.9. The number of esters is 1. The molecule has 4 N–H and O–H groups in total. The Labute approximate surface area is 337 Å². The number of ether oxygens (including phenoxy) is 4. The average molecular weight is 813 g/mol. The van der Waals surface area contributed by atoms with Crippen molar-refractivity contribution in [3.63, 3.8) is 0 Å². The normalized spacial score (nSPS) is 21.6. The van der Waals surface area contributed by atoms with E-state index in [9.17, 15) is 28.5 Å². The van der Waals surface area contributed by atoms with Gasteiger partial charge in [0.05, 0.1) is 26.2 Å². The third-order valence-corrected chi connectivity index (χ3v) is 9.31. The van der Waals surface area contributed by atoms with Crippen LogP contribution in [0.3, 0.4) is 0 Å². The van der Waals surface area contributed by atoms with Gasteiger partial charge in [0.25, 0.3) is 0 Å². The Balaban J connectivity index is 2.56. The molecule has 0 saturated carbocycles. The number of hydrogen-bond acceptors (Lipinski definition) is 11. The Morgan fingerprint density at radius 1 is 0.696 bits per heavy atom. The summed E-state index contributed by atoms with van der Waals surface area (Å²) >= 11 is 0. The van der Waals surface area contributed by atoms with Crippen molar-refractivity contribution >= 4 is 16.4 Å². The lowest BCUT2D eigenvalue weighted by atomic mass is 9.99. The van der Waals surface area contributed by atoms with Crippen LogP contribution in [-0.4, -0.2) is 97.5 Å². The van der Waals surface area contributed by atoms with Crippen LogP contribution in [0.15, 0.2) is 72.9 Å². The summed E-state index contributed by atoms with van der Waals surface area (Å²) in [6.45, 7) is 3.69. The first-order valence-corrected chi connectivity index (χ1v) is 22.1. The highest BCUT2D eigenvalue weighted by Crippen LogP contribution is 2.26. The van der Waals surface area contributed by atoms with Crippen molar-refractivity contribution in [2.45, 2.75) is 166 Å². The quantitative estimate of drug-likeness (QED) is 0.0214. The van der Waals surface area contributed by atoms with Gasteiger partial charge in [0.2, 0.25) is 0 Å². The highest BCUT2D eigenvalue weighted by atomic mass is 32.3. The van der Waals surface area contributed by atoms with E-state index >= 15 is 0 Å². The smallest absolute Gasteiger partial charge is 0.397 e. The van der Waals surface area contributed by atoms with E-state index in [2.05, 4.69) is 72.7 Å². The summed E-state index contributed by atoms with van der Waals surface area (Å²) in [5.74, 6) is -0.531. The fourth-order valence-corrected chi connectivity index (χ4v) is 6.25. The van der Waals surface area contributed by atoms with Crippen molar-refractivity contribution in [1.29, 1.82) is 0 Å². The van der Waals surface area contributed by atoms with Crippen molar-refractivity contribution in [1.82, 2.24) is 0 Å². The number of carbonyl (C=O) groups is 1. The number of aliphatic hydroxyl groups excluding tert-OH is 3. The van der Waals surface area contributed by atoms with Gasteiger partial charge in [-0.15, -0.1) is 0 Å². The number of carbonyl (C=O) groups excluding carboxylic acids is 1. The maximum atomic E-state index is 12.7. The van der Waals surface area contributed by atoms with E-state index in [0.717, 1.165) is 57.8 Å². The van der Waals surface area contributed by atoms with Crippen molar-refractivity contribution < 1.29 is 56.2 Å². The van der Waals surface area contributed by atoms with Gasteiger partial charge in [-0.3, -0.25) is 9.35 Å². The maximum Gasteiger partial charge on any atom is 0.397 e. The highest BCUT2D eigenvalue weighted by molar-refractivity contribution is 7.80. The molecule has 0 spiro atoms. The summed E-state index contributed by atoms with van der Waals surface area (Å²) in [7, 11) is -5.07. The third-order valence-electron chi connectivity index (χ3n) is 8.85. The Bertz CT molecular complexity index is 1260. The van der Waals surface area contributed by atoms with Gasteiger partial charge in [0, 0.05) is 6.61 Å². The second kappa shape index (κ2) is 34.6. The molecule has 13 heteroatoms. The van der Waals surface area contributed by atoms with Crippen molar-refractivity contribution in [2.24, 2.45) is 0 Å². The first kappa shape index (κ1) is 51.6. The molecule has 12 nitrogen and oxygen atoms in total. The van der Waals surface area contributed by atoms with E-state index in [4.69, 9.17) is 23.5 Å². The molecule has 1 aliphatic heterocycles. The zero-order chi connectivity index (χ0) is 41.1. The van der Waals surface area contributed by atoms with Gasteiger partial charge >= 0.3 is 16.4 Å². The third kappa shape index (κ3) is 28.0. The summed E-state index contributed by atoms with van der Waals surface area (Å²) in [6, 6.07) is 0. The molecule has 6 atom stereocenters. The molecule has 1 fully saturated rings. The maximum absolute atomic E-state index is 12.7. The number of unbranched alkanes of at least 4 members (excludes halogenated alkanes) is 10. The van der Waals surface area contributed by atoms with Crippen molar-refractivity contribution in [3.8, 4) is 0 Å². The van der Waals surface area contributed by atoms with E-state index in [1.54, 1.807) is 6.08 Å². The van der Waals surface area contributed by atoms with Crippen LogP contribution in [0.1, 0.15) is 129 Å². The van der Waals surface area contributed by atoms with Gasteiger partial charge in [0.15, 0.2) is 6.29 Å². The van der Waals surface area contributed by atoms with Crippen LogP contribution in [0, 0.1) is 0 Å². The molecule has 0 aromatic heterocycles. The number of hydrogen-bond donors (Lipinski definition) is 4. The van der Waals surface area contributed by atoms with E-state index in [0.29, 0.717) is 13.0 Å². The summed E-state index contributed by atoms with van der Waals surface area (Å²) in [6.07, 6.45) is 34.0. The van der Waals surface area contributed by atoms with Crippen molar-refractivity contribution in [2.75, 3.05) is 26.4 Å². The van der Waals surface area contributed by atoms with Gasteiger partial charge in [0.1, 0.15) is 30.5 Å². The minimum absolute atomic E-state index is 0.00434. The highest BCUT2D eigenvalue weighted by Gasteiger charge is 2.48. The molecule has 0 aliphatic carbocycles. The van der Waals surface area contributed by atoms with Crippen LogP contribution in [0.2, 0.25) is 0 Å². The lowest BCUT2D eigenvalue weighted by Crippen LogP contribution is -2.60. The number of aliphatic hydroxyl groups is 3. The molecule has 0 aromatic carbocycles. The molecule has 0 radical (unpaired) electrons. The summed E-state index contributed by atoms with van der Waals surface area (Å²) < 4.78 is 58.7. The lowest BCUT2D eigenvalue weighted by molar-refractivity contribution is -0.301. The Hall–Kier alpha value is -2.46. The minimum Gasteiger partial charge on any atom is -0.457 e. The molecule has 1 rings (SSSR count). The van der Waals surface area contributed by atoms with Gasteiger partial charge < -0.3 is 34.3 Å². The monoisotopic (exact) mass is 812 g/mol. The molecule has 322 valence electrons. The van der Waals surface area contributed by atoms with E-state index in [-0.39, 0.29) is 19.6 Å². The van der Waals surface area contributed by atoms with Gasteiger partial charge in [-0.25, -0.2) is 4.18 Å². The molecular formula is C43H72O12S. The SMILES string of the molecule is CC/C=C\C/C=C\C/C=C\C/C=C\C/C=C\CC(=O)OC(COCCCCCCCC/C=C\CCCCCC)COC1OC(CO)C(O)C(OS(=O)(=O)O)C1O. The predicted octanol–water partition coefficient (Wildman–Crippen LogP) is 7.96. The molecule has 1 heterocycles.